The minimum Gasteiger partial charge on any atom is -0.481 e. The zero-order valence-corrected chi connectivity index (χ0v) is 45.1. The number of hydrogen-bond acceptors (Lipinski definition) is 16. The third-order valence-corrected chi connectivity index (χ3v) is 16.7. The number of aliphatic hydroxyl groups is 2. The summed E-state index contributed by atoms with van der Waals surface area (Å²) in [5.41, 5.74) is 5.92. The molecule has 4 bridgehead atoms. The minimum absolute atomic E-state index is 0.0264. The van der Waals surface area contributed by atoms with Crippen molar-refractivity contribution in [2.75, 3.05) is 31.1 Å². The van der Waals surface area contributed by atoms with Gasteiger partial charge in [-0.15, -0.1) is 23.2 Å². The number of methoxy groups -OCH3 is 2. The lowest BCUT2D eigenvalue weighted by Crippen LogP contribution is -2.64. The molecule has 2 saturated carbocycles. The number of imide groups is 1. The van der Waals surface area contributed by atoms with Crippen molar-refractivity contribution in [3.63, 3.8) is 0 Å². The van der Waals surface area contributed by atoms with E-state index in [2.05, 4.69) is 19.9 Å². The van der Waals surface area contributed by atoms with Gasteiger partial charge in [-0.05, 0) is 118 Å². The average molecular weight is 1110 g/mol. The molecule has 0 radical (unpaired) electrons. The molecule has 8 heterocycles. The van der Waals surface area contributed by atoms with Gasteiger partial charge < -0.3 is 34.9 Å². The maximum Gasteiger partial charge on any atom is 0.446 e. The summed E-state index contributed by atoms with van der Waals surface area (Å²) in [6.07, 6.45) is 0.0203. The molecule has 2 atom stereocenters. The Labute approximate surface area is 439 Å². The lowest BCUT2D eigenvalue weighted by atomic mass is 9.73. The van der Waals surface area contributed by atoms with Crippen LogP contribution in [0.4, 0.5) is 31.5 Å². The lowest BCUT2D eigenvalue weighted by Gasteiger charge is -2.56. The Morgan fingerprint density at radius 2 is 1.10 bits per heavy atom. The van der Waals surface area contributed by atoms with Crippen molar-refractivity contribution in [2.45, 2.75) is 156 Å². The molecule has 15 nitrogen and oxygen atoms in total. The molecule has 4 aliphatic heterocycles. The van der Waals surface area contributed by atoms with E-state index in [9.17, 15) is 41.8 Å². The summed E-state index contributed by atoms with van der Waals surface area (Å²) in [7, 11) is 2.98. The predicted octanol–water partition coefficient (Wildman–Crippen LogP) is 11.3. The van der Waals surface area contributed by atoms with Crippen molar-refractivity contribution < 1.29 is 65.5 Å². The van der Waals surface area contributed by atoms with E-state index in [4.69, 9.17) is 52.7 Å². The monoisotopic (exact) mass is 1110 g/mol. The number of fused-ring (bicyclic) bond motifs is 8. The van der Waals surface area contributed by atoms with Gasteiger partial charge in [0.15, 0.2) is 0 Å². The Kier molecular flexibility index (Phi) is 19.6. The van der Waals surface area contributed by atoms with Gasteiger partial charge in [0.25, 0.3) is 0 Å². The van der Waals surface area contributed by atoms with Crippen molar-refractivity contribution in [1.29, 1.82) is 0 Å². The van der Waals surface area contributed by atoms with E-state index in [0.29, 0.717) is 72.6 Å². The van der Waals surface area contributed by atoms with Crippen LogP contribution in [0.15, 0.2) is 36.7 Å². The summed E-state index contributed by atoms with van der Waals surface area (Å²) < 4.78 is 82.0. The number of halogens is 7. The van der Waals surface area contributed by atoms with E-state index in [1.54, 1.807) is 77.6 Å². The Morgan fingerprint density at radius 3 is 1.40 bits per heavy atom. The molecule has 2 aliphatic carbocycles. The Morgan fingerprint density at radius 1 is 0.726 bits per heavy atom. The second-order valence-electron chi connectivity index (χ2n) is 20.5. The summed E-state index contributed by atoms with van der Waals surface area (Å²) in [6, 6.07) is 6.73. The van der Waals surface area contributed by atoms with Gasteiger partial charge in [-0.25, -0.2) is 33.2 Å². The van der Waals surface area contributed by atoms with E-state index >= 15 is 0 Å². The van der Waals surface area contributed by atoms with E-state index in [1.807, 2.05) is 11.8 Å². The first-order chi connectivity index (χ1) is 34.0. The second-order valence-corrected chi connectivity index (χ2v) is 24.2. The minimum atomic E-state index is -4.64. The molecule has 6 fully saturated rings. The van der Waals surface area contributed by atoms with Gasteiger partial charge in [0.2, 0.25) is 18.0 Å². The molecule has 4 aromatic rings. The largest absolute Gasteiger partial charge is 0.481 e. The van der Waals surface area contributed by atoms with Crippen LogP contribution in [-0.4, -0.2) is 123 Å². The van der Waals surface area contributed by atoms with Crippen LogP contribution in [0.25, 0.3) is 22.1 Å². The summed E-state index contributed by atoms with van der Waals surface area (Å²) in [5, 5.41) is 22.4. The number of aldehydes is 1. The first-order valence-corrected chi connectivity index (χ1v) is 26.3. The van der Waals surface area contributed by atoms with E-state index in [-0.39, 0.29) is 37.0 Å². The maximum atomic E-state index is 15.0. The summed E-state index contributed by atoms with van der Waals surface area (Å²) in [5.74, 6) is 0.903. The fourth-order valence-corrected chi connectivity index (χ4v) is 12.7. The van der Waals surface area contributed by atoms with Crippen LogP contribution in [0.5, 0.6) is 11.8 Å². The molecule has 4 saturated heterocycles. The van der Waals surface area contributed by atoms with Gasteiger partial charge in [0, 0.05) is 49.8 Å². The summed E-state index contributed by atoms with van der Waals surface area (Å²) >= 11 is 13.0. The van der Waals surface area contributed by atoms with Crippen LogP contribution in [0.1, 0.15) is 129 Å². The average Bonchev–Trinajstić information content (AvgIpc) is 3.31. The molecule has 4 aromatic heterocycles. The third kappa shape index (κ3) is 15.3. The highest BCUT2D eigenvalue weighted by Gasteiger charge is 2.57. The molecule has 0 spiro atoms. The quantitative estimate of drug-likeness (QED) is 0.0808. The van der Waals surface area contributed by atoms with Crippen LogP contribution >= 0.6 is 46.7 Å². The first-order valence-electron chi connectivity index (χ1n) is 23.3. The molecule has 2 unspecified atom stereocenters. The van der Waals surface area contributed by atoms with E-state index in [1.165, 1.54) is 19.1 Å². The SMILES string of the molecule is COc1ccc2ncc(F)c(C(O)CC34CCC(N(C(=O)OC(C)(C)C)C(=O)OC(C)(C)C)(CC3)CS4)c2n1.COc1ccc2ncc(F)c(C(O)CC34CCC(N)(CC3)CS4)c2n1.ClCCl.O=CC(F)(F)F. The molecule has 24 heteroatoms. The van der Waals surface area contributed by atoms with Gasteiger partial charge in [-0.2, -0.15) is 36.7 Å². The van der Waals surface area contributed by atoms with Gasteiger partial charge in [0.05, 0.1) is 60.7 Å². The van der Waals surface area contributed by atoms with Crippen molar-refractivity contribution in [3.8, 4) is 11.8 Å². The normalized spacial score (nSPS) is 24.1. The van der Waals surface area contributed by atoms with Crippen molar-refractivity contribution in [2.24, 2.45) is 5.73 Å². The molecule has 10 rings (SSSR count). The molecule has 6 aliphatic rings. The summed E-state index contributed by atoms with van der Waals surface area (Å²) in [4.78, 5) is 53.4. The molecule has 0 aromatic carbocycles. The maximum absolute atomic E-state index is 15.0. The van der Waals surface area contributed by atoms with Crippen molar-refractivity contribution >= 4 is 87.3 Å². The number of thioether (sulfide) groups is 2. The number of nitrogens with zero attached hydrogens (tertiary/aromatic N) is 5. The number of pyridine rings is 4. The molecular weight excluding hydrogens is 1050 g/mol. The number of ether oxygens (including phenoxy) is 4. The fraction of sp³-hybridized carbons (Fsp3) is 0.612. The van der Waals surface area contributed by atoms with Crippen LogP contribution < -0.4 is 15.2 Å². The van der Waals surface area contributed by atoms with Crippen molar-refractivity contribution in [1.82, 2.24) is 24.8 Å². The molecule has 73 heavy (non-hydrogen) atoms. The smallest absolute Gasteiger partial charge is 0.446 e. The van der Waals surface area contributed by atoms with Crippen molar-refractivity contribution in [3.05, 3.63) is 59.4 Å². The second kappa shape index (κ2) is 23.9. The highest BCUT2D eigenvalue weighted by Crippen LogP contribution is 2.58. The molecule has 2 amide bonds. The third-order valence-electron chi connectivity index (χ3n) is 12.9. The number of nitrogens with two attached hydrogens (primary N) is 1. The lowest BCUT2D eigenvalue weighted by molar-refractivity contribution is -0.156. The topological polar surface area (TPSA) is 209 Å². The standard InChI is InChI=1S/C28H38FN3O6S.C18H22FN3O2S.C2HF3O.CH2Cl2/c1-25(2,3)37-23(34)32(24(35)38-26(4,5)6)27-10-12-28(13-11-27,39-16-27)14-19(33)21-17(29)15-30-18-8-9-20(36-7)31-22(18)21;1-24-14-3-2-12-16(22-14)15(11(19)9-21-12)13(23)8-18-6-4-17(20,5-7-18)10-25-18;3-2(4,5)1-6;2-1-3/h8-9,15,19,33H,10-14,16H2,1-7H3;2-3,9,13,23H,4-8,10,20H2,1H3;1H;1H2. The summed E-state index contributed by atoms with van der Waals surface area (Å²) in [6.45, 7) is 10.5. The van der Waals surface area contributed by atoms with Crippen LogP contribution in [0.2, 0.25) is 0 Å². The van der Waals surface area contributed by atoms with Crippen LogP contribution in [0.3, 0.4) is 0 Å². The Bertz CT molecular complexity index is 2520. The van der Waals surface area contributed by atoms with Gasteiger partial charge >= 0.3 is 18.4 Å². The molecule has 404 valence electrons. The highest BCUT2D eigenvalue weighted by atomic mass is 35.5. The predicted molar refractivity (Wildman–Crippen MR) is 271 cm³/mol. The zero-order chi connectivity index (χ0) is 54.4. The number of amides is 2. The van der Waals surface area contributed by atoms with Crippen LogP contribution in [-0.2, 0) is 14.3 Å². The highest BCUT2D eigenvalue weighted by molar-refractivity contribution is 8.01. The first kappa shape index (κ1) is 59.8. The number of aromatic nitrogens is 4. The molecular formula is C49H63Cl2F5N6O9S2. The van der Waals surface area contributed by atoms with Gasteiger partial charge in [-0.1, -0.05) is 0 Å². The number of hydrogen-bond donors (Lipinski definition) is 3. The Balaban J connectivity index is 0.000000247. The fourth-order valence-electron chi connectivity index (χ4n) is 9.29. The van der Waals surface area contributed by atoms with E-state index in [0.717, 1.165) is 43.8 Å². The number of rotatable bonds is 9. The number of carbonyl (C=O) groups excluding carboxylic acids is 3. The van der Waals surface area contributed by atoms with Gasteiger partial charge in [-0.3, -0.25) is 14.8 Å². The zero-order valence-electron chi connectivity index (χ0n) is 41.9. The Hall–Kier alpha value is -4.06. The number of alkyl halides is 5. The van der Waals surface area contributed by atoms with Crippen LogP contribution in [0, 0.1) is 11.6 Å². The van der Waals surface area contributed by atoms with E-state index < -0.39 is 65.2 Å². The number of carbonyl (C=O) groups is 3. The van der Waals surface area contributed by atoms with Gasteiger partial charge in [0.1, 0.15) is 33.9 Å². The number of aliphatic hydroxyl groups excluding tert-OH is 2. The molecule has 4 N–H and O–H groups in total.